The van der Waals surface area contributed by atoms with Gasteiger partial charge in [0.25, 0.3) is 5.91 Å². The van der Waals surface area contributed by atoms with Crippen molar-refractivity contribution in [3.8, 4) is 0 Å². The summed E-state index contributed by atoms with van der Waals surface area (Å²) < 4.78 is 27.0. The summed E-state index contributed by atoms with van der Waals surface area (Å²) in [6, 6.07) is 2.02. The first-order valence-electron chi connectivity index (χ1n) is 4.83. The monoisotopic (exact) mass is 307 g/mol. The maximum atomic E-state index is 13.4. The number of benzene rings is 1. The summed E-state index contributed by atoms with van der Waals surface area (Å²) in [5.74, 6) is -2.86. The minimum absolute atomic E-state index is 0.223. The zero-order valence-electron chi connectivity index (χ0n) is 9.61. The Hall–Kier alpha value is -1.01. The highest BCUT2D eigenvalue weighted by Gasteiger charge is 2.20. The molecule has 0 spiro atoms. The fourth-order valence-electron chi connectivity index (χ4n) is 1.01. The molecule has 0 aromatic heterocycles. The second kappa shape index (κ2) is 5.10. The van der Waals surface area contributed by atoms with Gasteiger partial charge in [0.1, 0.15) is 17.2 Å². The maximum Gasteiger partial charge on any atom is 0.280 e. The largest absolute Gasteiger partial charge is 0.280 e. The number of hydrogen-bond donors (Lipinski definition) is 1. The van der Waals surface area contributed by atoms with Crippen LogP contribution in [-0.4, -0.2) is 11.5 Å². The fourth-order valence-corrected chi connectivity index (χ4v) is 1.41. The van der Waals surface area contributed by atoms with Gasteiger partial charge in [-0.05, 0) is 32.9 Å². The molecule has 6 heteroatoms. The van der Waals surface area contributed by atoms with Gasteiger partial charge in [0.05, 0.1) is 5.60 Å². The average molecular weight is 308 g/mol. The molecule has 1 aromatic rings. The van der Waals surface area contributed by atoms with E-state index in [1.165, 1.54) is 0 Å². The van der Waals surface area contributed by atoms with Crippen molar-refractivity contribution >= 4 is 21.8 Å². The summed E-state index contributed by atoms with van der Waals surface area (Å²) in [5.41, 5.74) is 0.696. The molecule has 0 aliphatic rings. The van der Waals surface area contributed by atoms with Crippen LogP contribution in [0, 0.1) is 11.6 Å². The first-order valence-corrected chi connectivity index (χ1v) is 5.63. The first kappa shape index (κ1) is 14.1. The van der Waals surface area contributed by atoms with Crippen LogP contribution >= 0.6 is 15.9 Å². The van der Waals surface area contributed by atoms with E-state index in [1.807, 2.05) is 5.48 Å². The summed E-state index contributed by atoms with van der Waals surface area (Å²) in [6.45, 7) is 5.09. The molecule has 3 nitrogen and oxygen atoms in total. The van der Waals surface area contributed by atoms with E-state index in [1.54, 1.807) is 20.8 Å². The van der Waals surface area contributed by atoms with Crippen molar-refractivity contribution < 1.29 is 18.4 Å². The van der Waals surface area contributed by atoms with Crippen molar-refractivity contribution in [3.63, 3.8) is 0 Å². The van der Waals surface area contributed by atoms with Crippen LogP contribution in [0.1, 0.15) is 31.1 Å². The van der Waals surface area contributed by atoms with Crippen LogP contribution < -0.4 is 5.48 Å². The van der Waals surface area contributed by atoms with E-state index >= 15 is 0 Å². The van der Waals surface area contributed by atoms with Crippen LogP contribution in [0.15, 0.2) is 16.6 Å². The number of rotatable bonds is 2. The second-order valence-electron chi connectivity index (χ2n) is 4.39. The van der Waals surface area contributed by atoms with Crippen molar-refractivity contribution in [2.45, 2.75) is 26.4 Å². The number of halogens is 3. The third kappa shape index (κ3) is 4.05. The van der Waals surface area contributed by atoms with Gasteiger partial charge in [-0.25, -0.2) is 14.3 Å². The number of nitrogens with one attached hydrogen (secondary N) is 1. The lowest BCUT2D eigenvalue weighted by Gasteiger charge is -2.19. The van der Waals surface area contributed by atoms with Gasteiger partial charge in [0, 0.05) is 4.47 Å². The lowest BCUT2D eigenvalue weighted by atomic mass is 10.2. The Kier molecular flexibility index (Phi) is 4.21. The van der Waals surface area contributed by atoms with Crippen LogP contribution in [0.5, 0.6) is 0 Å². The Balaban J connectivity index is 2.90. The molecule has 0 saturated carbocycles. The fraction of sp³-hybridized carbons (Fsp3) is 0.364. The average Bonchev–Trinajstić information content (AvgIpc) is 2.11. The highest BCUT2D eigenvalue weighted by Crippen LogP contribution is 2.19. The summed E-state index contributed by atoms with van der Waals surface area (Å²) in [6.07, 6.45) is 0. The van der Waals surface area contributed by atoms with Gasteiger partial charge >= 0.3 is 0 Å². The van der Waals surface area contributed by atoms with E-state index in [2.05, 4.69) is 15.9 Å². The number of hydrogen-bond acceptors (Lipinski definition) is 2. The Morgan fingerprint density at radius 1 is 1.29 bits per heavy atom. The molecule has 1 aromatic carbocycles. The van der Waals surface area contributed by atoms with E-state index in [9.17, 15) is 13.6 Å². The molecule has 0 fully saturated rings. The van der Waals surface area contributed by atoms with E-state index < -0.39 is 28.7 Å². The van der Waals surface area contributed by atoms with E-state index in [0.717, 1.165) is 12.1 Å². The molecule has 1 amide bonds. The molecule has 0 heterocycles. The molecule has 0 saturated heterocycles. The second-order valence-corrected chi connectivity index (χ2v) is 5.31. The molecule has 0 unspecified atom stereocenters. The molecular formula is C11H12BrF2NO2. The van der Waals surface area contributed by atoms with Crippen molar-refractivity contribution in [2.24, 2.45) is 0 Å². The van der Waals surface area contributed by atoms with Gasteiger partial charge in [0.2, 0.25) is 0 Å². The highest BCUT2D eigenvalue weighted by molar-refractivity contribution is 9.10. The Morgan fingerprint density at radius 3 is 2.18 bits per heavy atom. The smallest absolute Gasteiger partial charge is 0.268 e. The van der Waals surface area contributed by atoms with Crippen LogP contribution in [0.25, 0.3) is 0 Å². The Morgan fingerprint density at radius 2 is 1.76 bits per heavy atom. The molecule has 0 atom stereocenters. The van der Waals surface area contributed by atoms with Crippen LogP contribution in [0.4, 0.5) is 8.78 Å². The molecule has 94 valence electrons. The van der Waals surface area contributed by atoms with Crippen LogP contribution in [0.2, 0.25) is 0 Å². The van der Waals surface area contributed by atoms with Crippen molar-refractivity contribution in [1.82, 2.24) is 5.48 Å². The third-order valence-corrected chi connectivity index (χ3v) is 2.14. The lowest BCUT2D eigenvalue weighted by Crippen LogP contribution is -2.34. The topological polar surface area (TPSA) is 38.3 Å². The Bertz CT molecular complexity index is 421. The van der Waals surface area contributed by atoms with Gasteiger partial charge in [0.15, 0.2) is 0 Å². The van der Waals surface area contributed by atoms with E-state index in [-0.39, 0.29) is 4.47 Å². The van der Waals surface area contributed by atoms with Crippen molar-refractivity contribution in [2.75, 3.05) is 0 Å². The highest BCUT2D eigenvalue weighted by atomic mass is 79.9. The third-order valence-electron chi connectivity index (χ3n) is 1.68. The standard InChI is InChI=1S/C11H12BrF2NO2/c1-11(2,3)17-15-10(16)9-7(13)4-6(12)5-8(9)14/h4-5H,1-3H3,(H,15,16). The molecule has 0 radical (unpaired) electrons. The number of amides is 1. The van der Waals surface area contributed by atoms with Gasteiger partial charge in [-0.1, -0.05) is 15.9 Å². The minimum Gasteiger partial charge on any atom is -0.268 e. The molecule has 0 aliphatic carbocycles. The minimum atomic E-state index is -0.956. The summed E-state index contributed by atoms with van der Waals surface area (Å²) in [4.78, 5) is 16.5. The number of carbonyl (C=O) groups is 1. The number of hydroxylamine groups is 1. The van der Waals surface area contributed by atoms with E-state index in [0.29, 0.717) is 0 Å². The number of carbonyl (C=O) groups excluding carboxylic acids is 1. The predicted octanol–water partition coefficient (Wildman–Crippen LogP) is 3.19. The van der Waals surface area contributed by atoms with Gasteiger partial charge < -0.3 is 0 Å². The summed E-state index contributed by atoms with van der Waals surface area (Å²) in [5, 5.41) is 0. The lowest BCUT2D eigenvalue weighted by molar-refractivity contribution is -0.0592. The molecule has 17 heavy (non-hydrogen) atoms. The summed E-state index contributed by atoms with van der Waals surface area (Å²) >= 11 is 2.92. The van der Waals surface area contributed by atoms with Crippen molar-refractivity contribution in [3.05, 3.63) is 33.8 Å². The molecule has 1 rings (SSSR count). The zero-order valence-corrected chi connectivity index (χ0v) is 11.2. The van der Waals surface area contributed by atoms with Crippen molar-refractivity contribution in [1.29, 1.82) is 0 Å². The van der Waals surface area contributed by atoms with Gasteiger partial charge in [-0.3, -0.25) is 9.63 Å². The van der Waals surface area contributed by atoms with Gasteiger partial charge in [-0.2, -0.15) is 0 Å². The predicted molar refractivity (Wildman–Crippen MR) is 62.4 cm³/mol. The summed E-state index contributed by atoms with van der Waals surface area (Å²) in [7, 11) is 0. The molecule has 0 bridgehead atoms. The normalized spacial score (nSPS) is 11.4. The quantitative estimate of drug-likeness (QED) is 0.852. The van der Waals surface area contributed by atoms with Crippen LogP contribution in [0.3, 0.4) is 0 Å². The Labute approximate surface area is 106 Å². The maximum absolute atomic E-state index is 13.4. The molecule has 1 N–H and O–H groups in total. The SMILES string of the molecule is CC(C)(C)ONC(=O)c1c(F)cc(Br)cc1F. The molecule has 0 aliphatic heterocycles. The van der Waals surface area contributed by atoms with E-state index in [4.69, 9.17) is 4.84 Å². The molecular weight excluding hydrogens is 296 g/mol. The van der Waals surface area contributed by atoms with Crippen LogP contribution in [-0.2, 0) is 4.84 Å². The zero-order chi connectivity index (χ0) is 13.2. The van der Waals surface area contributed by atoms with Gasteiger partial charge in [-0.15, -0.1) is 0 Å². The first-order chi connectivity index (χ1) is 7.70.